The van der Waals surface area contributed by atoms with Gasteiger partial charge in [-0.3, -0.25) is 9.89 Å². The molecular formula is C15H19ClN4O2. The molecule has 7 heteroatoms. The molecule has 6 nitrogen and oxygen atoms in total. The van der Waals surface area contributed by atoms with Gasteiger partial charge in [0.25, 0.3) is 5.91 Å². The van der Waals surface area contributed by atoms with E-state index < -0.39 is 0 Å². The van der Waals surface area contributed by atoms with Crippen LogP contribution in [0.2, 0.25) is 0 Å². The maximum Gasteiger partial charge on any atom is 0.275 e. The summed E-state index contributed by atoms with van der Waals surface area (Å²) in [5, 5.41) is 10.6. The number of aromatic nitrogens is 2. The second-order valence-electron chi connectivity index (χ2n) is 5.63. The highest BCUT2D eigenvalue weighted by molar-refractivity contribution is 5.94. The van der Waals surface area contributed by atoms with Crippen LogP contribution in [0.3, 0.4) is 0 Å². The van der Waals surface area contributed by atoms with Gasteiger partial charge in [-0.25, -0.2) is 0 Å². The monoisotopic (exact) mass is 322 g/mol. The Morgan fingerprint density at radius 2 is 2.36 bits per heavy atom. The molecule has 2 N–H and O–H groups in total. The molecule has 118 valence electrons. The van der Waals surface area contributed by atoms with Gasteiger partial charge < -0.3 is 14.6 Å². The minimum absolute atomic E-state index is 0. The van der Waals surface area contributed by atoms with E-state index in [2.05, 4.69) is 15.5 Å². The third kappa shape index (κ3) is 2.42. The number of carbonyl (C=O) groups excluding carboxylic acids is 1. The van der Waals surface area contributed by atoms with Crippen LogP contribution >= 0.6 is 12.4 Å². The van der Waals surface area contributed by atoms with E-state index in [1.807, 2.05) is 17.0 Å². The summed E-state index contributed by atoms with van der Waals surface area (Å²) in [5.41, 5.74) is 2.68. The first-order chi connectivity index (χ1) is 10.3. The molecule has 0 aliphatic carbocycles. The van der Waals surface area contributed by atoms with E-state index >= 15 is 0 Å². The summed E-state index contributed by atoms with van der Waals surface area (Å²) in [6.07, 6.45) is 4.51. The molecule has 4 heterocycles. The number of rotatable bonds is 2. The number of hydrogen-bond acceptors (Lipinski definition) is 4. The largest absolute Gasteiger partial charge is 0.467 e. The fourth-order valence-corrected chi connectivity index (χ4v) is 3.32. The molecule has 2 aromatic rings. The highest BCUT2D eigenvalue weighted by atomic mass is 35.5. The van der Waals surface area contributed by atoms with Crippen LogP contribution in [0.25, 0.3) is 0 Å². The number of likely N-dealkylation sites (tertiary alicyclic amines) is 1. The molecule has 0 radical (unpaired) electrons. The van der Waals surface area contributed by atoms with Gasteiger partial charge in [0.05, 0.1) is 12.3 Å². The SMILES string of the molecule is Cl.O=C(c1n[nH]c2c1CNCC2)N1CCCC1c1ccco1. The molecule has 1 saturated heterocycles. The van der Waals surface area contributed by atoms with Crippen molar-refractivity contribution in [2.75, 3.05) is 13.1 Å². The van der Waals surface area contributed by atoms with Crippen molar-refractivity contribution in [2.45, 2.75) is 31.8 Å². The van der Waals surface area contributed by atoms with Crippen LogP contribution in [0.5, 0.6) is 0 Å². The third-order valence-corrected chi connectivity index (χ3v) is 4.39. The van der Waals surface area contributed by atoms with Gasteiger partial charge in [0.2, 0.25) is 0 Å². The summed E-state index contributed by atoms with van der Waals surface area (Å²) in [4.78, 5) is 14.8. The second kappa shape index (κ2) is 6.14. The highest BCUT2D eigenvalue weighted by Crippen LogP contribution is 2.33. The summed E-state index contributed by atoms with van der Waals surface area (Å²) >= 11 is 0. The van der Waals surface area contributed by atoms with Gasteiger partial charge in [-0.1, -0.05) is 0 Å². The van der Waals surface area contributed by atoms with Crippen LogP contribution in [0, 0.1) is 0 Å². The van der Waals surface area contributed by atoms with Crippen molar-refractivity contribution in [3.05, 3.63) is 41.1 Å². The van der Waals surface area contributed by atoms with Crippen LogP contribution in [-0.2, 0) is 13.0 Å². The van der Waals surface area contributed by atoms with Gasteiger partial charge >= 0.3 is 0 Å². The Labute approximate surface area is 134 Å². The number of furan rings is 1. The lowest BCUT2D eigenvalue weighted by Crippen LogP contribution is -2.32. The van der Waals surface area contributed by atoms with Gasteiger partial charge in [-0.2, -0.15) is 5.10 Å². The molecule has 0 aromatic carbocycles. The predicted octanol–water partition coefficient (Wildman–Crippen LogP) is 2.05. The van der Waals surface area contributed by atoms with Gasteiger partial charge in [0.1, 0.15) is 5.76 Å². The lowest BCUT2D eigenvalue weighted by Gasteiger charge is -2.23. The first-order valence-corrected chi connectivity index (χ1v) is 7.46. The number of nitrogens with one attached hydrogen (secondary N) is 2. The molecule has 0 spiro atoms. The number of hydrogen-bond donors (Lipinski definition) is 2. The molecule has 0 bridgehead atoms. The fraction of sp³-hybridized carbons (Fsp3) is 0.467. The predicted molar refractivity (Wildman–Crippen MR) is 83.0 cm³/mol. The third-order valence-electron chi connectivity index (χ3n) is 4.39. The Morgan fingerprint density at radius 3 is 3.18 bits per heavy atom. The van der Waals surface area contributed by atoms with Gasteiger partial charge in [0.15, 0.2) is 5.69 Å². The second-order valence-corrected chi connectivity index (χ2v) is 5.63. The molecule has 1 unspecified atom stereocenters. The molecule has 2 aliphatic rings. The molecule has 1 atom stereocenters. The zero-order chi connectivity index (χ0) is 14.2. The van der Waals surface area contributed by atoms with Crippen molar-refractivity contribution in [3.8, 4) is 0 Å². The van der Waals surface area contributed by atoms with E-state index in [1.54, 1.807) is 6.26 Å². The van der Waals surface area contributed by atoms with E-state index in [-0.39, 0.29) is 24.4 Å². The van der Waals surface area contributed by atoms with Crippen LogP contribution in [0.4, 0.5) is 0 Å². The number of amides is 1. The van der Waals surface area contributed by atoms with Crippen LogP contribution in [0.1, 0.15) is 46.4 Å². The van der Waals surface area contributed by atoms with Crippen molar-refractivity contribution in [3.63, 3.8) is 0 Å². The number of fused-ring (bicyclic) bond motifs is 1. The van der Waals surface area contributed by atoms with E-state index in [4.69, 9.17) is 4.42 Å². The zero-order valence-corrected chi connectivity index (χ0v) is 13.0. The molecular weight excluding hydrogens is 304 g/mol. The summed E-state index contributed by atoms with van der Waals surface area (Å²) in [5.74, 6) is 0.874. The first kappa shape index (κ1) is 15.1. The fourth-order valence-electron chi connectivity index (χ4n) is 3.32. The first-order valence-electron chi connectivity index (χ1n) is 7.46. The van der Waals surface area contributed by atoms with E-state index in [0.717, 1.165) is 49.4 Å². The molecule has 2 aliphatic heterocycles. The van der Waals surface area contributed by atoms with Crippen LogP contribution in [0.15, 0.2) is 22.8 Å². The van der Waals surface area contributed by atoms with Gasteiger partial charge in [-0.15, -0.1) is 12.4 Å². The average molecular weight is 323 g/mol. The Kier molecular flexibility index (Phi) is 4.22. The number of carbonyl (C=O) groups is 1. The minimum Gasteiger partial charge on any atom is -0.467 e. The Bertz CT molecular complexity index is 653. The van der Waals surface area contributed by atoms with E-state index in [9.17, 15) is 4.79 Å². The van der Waals surface area contributed by atoms with Crippen LogP contribution < -0.4 is 5.32 Å². The Morgan fingerprint density at radius 1 is 1.45 bits per heavy atom. The lowest BCUT2D eigenvalue weighted by atomic mass is 10.1. The van der Waals surface area contributed by atoms with Crippen molar-refractivity contribution in [2.24, 2.45) is 0 Å². The van der Waals surface area contributed by atoms with Crippen molar-refractivity contribution in [1.29, 1.82) is 0 Å². The molecule has 2 aromatic heterocycles. The number of H-pyrrole nitrogens is 1. The lowest BCUT2D eigenvalue weighted by molar-refractivity contribution is 0.0712. The molecule has 4 rings (SSSR count). The van der Waals surface area contributed by atoms with Crippen LogP contribution in [-0.4, -0.2) is 34.1 Å². The Hall–Kier alpha value is -1.79. The normalized spacial score (nSPS) is 20.5. The quantitative estimate of drug-likeness (QED) is 0.887. The van der Waals surface area contributed by atoms with Gasteiger partial charge in [0, 0.05) is 37.3 Å². The smallest absolute Gasteiger partial charge is 0.275 e. The van der Waals surface area contributed by atoms with E-state index in [1.165, 1.54) is 0 Å². The summed E-state index contributed by atoms with van der Waals surface area (Å²) in [6.45, 7) is 2.41. The zero-order valence-electron chi connectivity index (χ0n) is 12.2. The standard InChI is InChI=1S/C15H18N4O2.ClH/c20-15(14-10-9-16-6-5-11(10)17-18-14)19-7-1-3-12(19)13-4-2-8-21-13;/h2,4,8,12,16H,1,3,5-7,9H2,(H,17,18);1H. The summed E-state index contributed by atoms with van der Waals surface area (Å²) in [7, 11) is 0. The van der Waals surface area contributed by atoms with E-state index in [0.29, 0.717) is 12.2 Å². The van der Waals surface area contributed by atoms with Crippen molar-refractivity contribution >= 4 is 18.3 Å². The number of halogens is 1. The van der Waals surface area contributed by atoms with Crippen molar-refractivity contribution in [1.82, 2.24) is 20.4 Å². The molecule has 0 saturated carbocycles. The maximum absolute atomic E-state index is 12.9. The summed E-state index contributed by atoms with van der Waals surface area (Å²) < 4.78 is 5.49. The summed E-state index contributed by atoms with van der Waals surface area (Å²) in [6, 6.07) is 3.85. The maximum atomic E-state index is 12.9. The number of nitrogens with zero attached hydrogens (tertiary/aromatic N) is 2. The molecule has 22 heavy (non-hydrogen) atoms. The average Bonchev–Trinajstić information content (AvgIpc) is 3.25. The van der Waals surface area contributed by atoms with Gasteiger partial charge in [-0.05, 0) is 25.0 Å². The molecule has 1 fully saturated rings. The number of aromatic amines is 1. The topological polar surface area (TPSA) is 74.2 Å². The Balaban J connectivity index is 0.00000144. The minimum atomic E-state index is 0. The van der Waals surface area contributed by atoms with Crippen molar-refractivity contribution < 1.29 is 9.21 Å². The molecule has 1 amide bonds. The highest BCUT2D eigenvalue weighted by Gasteiger charge is 2.35.